The number of fused-ring (bicyclic) bond motifs is 1. The predicted octanol–water partition coefficient (Wildman–Crippen LogP) is 5.30. The highest BCUT2D eigenvalue weighted by Gasteiger charge is 2.34. The Hall–Kier alpha value is -4.22. The summed E-state index contributed by atoms with van der Waals surface area (Å²) >= 11 is 0. The van der Waals surface area contributed by atoms with Crippen molar-refractivity contribution >= 4 is 28.8 Å². The molecule has 2 aromatic heterocycles. The molecule has 0 unspecified atom stereocenters. The van der Waals surface area contributed by atoms with Gasteiger partial charge in [-0.3, -0.25) is 18.9 Å². The van der Waals surface area contributed by atoms with Crippen molar-refractivity contribution in [2.75, 3.05) is 43.4 Å². The minimum atomic E-state index is -4.60. The lowest BCUT2D eigenvalue weighted by molar-refractivity contribution is -0.138. The Balaban J connectivity index is 1.31. The third kappa shape index (κ3) is 6.41. The van der Waals surface area contributed by atoms with E-state index in [9.17, 15) is 22.8 Å². The van der Waals surface area contributed by atoms with Gasteiger partial charge in [0.2, 0.25) is 0 Å². The van der Waals surface area contributed by atoms with Gasteiger partial charge in [-0.05, 0) is 61.0 Å². The van der Waals surface area contributed by atoms with Gasteiger partial charge in [0.25, 0.3) is 11.8 Å². The van der Waals surface area contributed by atoms with Crippen LogP contribution in [0.1, 0.15) is 44.5 Å². The zero-order valence-corrected chi connectivity index (χ0v) is 22.8. The van der Waals surface area contributed by atoms with Crippen LogP contribution in [-0.4, -0.2) is 63.7 Å². The van der Waals surface area contributed by atoms with Gasteiger partial charge < -0.3 is 15.5 Å². The highest BCUT2D eigenvalue weighted by Crippen LogP contribution is 2.34. The lowest BCUT2D eigenvalue weighted by atomic mass is 10.0. The monoisotopic (exact) mass is 564 g/mol. The molecule has 0 aliphatic carbocycles. The molecule has 3 heterocycles. The fourth-order valence-electron chi connectivity index (χ4n) is 4.95. The third-order valence-corrected chi connectivity index (χ3v) is 7.38. The molecule has 1 saturated heterocycles. The predicted molar refractivity (Wildman–Crippen MR) is 151 cm³/mol. The number of aryl methyl sites for hydroxylation is 1. The number of aromatic nitrogens is 2. The van der Waals surface area contributed by atoms with Gasteiger partial charge in [0.05, 0.1) is 11.8 Å². The summed E-state index contributed by atoms with van der Waals surface area (Å²) in [6, 6.07) is 14.0. The number of rotatable bonds is 7. The van der Waals surface area contributed by atoms with Crippen LogP contribution in [0.4, 0.5) is 24.5 Å². The van der Waals surface area contributed by atoms with Crippen molar-refractivity contribution in [2.24, 2.45) is 0 Å². The molecule has 0 spiro atoms. The van der Waals surface area contributed by atoms with E-state index in [-0.39, 0.29) is 17.7 Å². The first-order valence-electron chi connectivity index (χ1n) is 13.4. The van der Waals surface area contributed by atoms with Gasteiger partial charge in [-0.2, -0.15) is 13.2 Å². The lowest BCUT2D eigenvalue weighted by Gasteiger charge is -2.34. The molecule has 214 valence electrons. The summed E-state index contributed by atoms with van der Waals surface area (Å²) in [6.07, 6.45) is -1.40. The molecule has 0 saturated carbocycles. The van der Waals surface area contributed by atoms with Gasteiger partial charge in [-0.15, -0.1) is 0 Å². The van der Waals surface area contributed by atoms with Crippen molar-refractivity contribution in [2.45, 2.75) is 26.6 Å². The molecule has 2 N–H and O–H groups in total. The molecule has 0 atom stereocenters. The number of nitrogens with zero attached hydrogens (tertiary/aromatic N) is 4. The molecule has 8 nitrogen and oxygen atoms in total. The third-order valence-electron chi connectivity index (χ3n) is 7.38. The van der Waals surface area contributed by atoms with Gasteiger partial charge in [0, 0.05) is 55.9 Å². The zero-order chi connectivity index (χ0) is 29.1. The minimum absolute atomic E-state index is 0.103. The molecule has 4 aromatic rings. The van der Waals surface area contributed by atoms with E-state index in [2.05, 4.69) is 27.4 Å². The first-order valence-corrected chi connectivity index (χ1v) is 13.4. The summed E-state index contributed by atoms with van der Waals surface area (Å²) in [5, 5.41) is 5.50. The van der Waals surface area contributed by atoms with Gasteiger partial charge in [0.15, 0.2) is 0 Å². The molecule has 5 rings (SSSR count). The number of anilines is 2. The van der Waals surface area contributed by atoms with Crippen molar-refractivity contribution in [3.05, 3.63) is 94.9 Å². The van der Waals surface area contributed by atoms with E-state index < -0.39 is 23.6 Å². The van der Waals surface area contributed by atoms with Crippen molar-refractivity contribution in [3.8, 4) is 0 Å². The first kappa shape index (κ1) is 28.3. The first-order chi connectivity index (χ1) is 19.6. The molecule has 2 amide bonds. The van der Waals surface area contributed by atoms with E-state index in [1.165, 1.54) is 18.3 Å². The van der Waals surface area contributed by atoms with E-state index in [0.29, 0.717) is 35.8 Å². The van der Waals surface area contributed by atoms with Crippen LogP contribution in [0, 0.1) is 6.92 Å². The number of alkyl halides is 3. The second-order valence-corrected chi connectivity index (χ2v) is 10.1. The fraction of sp³-hybridized carbons (Fsp3) is 0.300. The Bertz CT molecular complexity index is 1570. The molecule has 1 fully saturated rings. The Morgan fingerprint density at radius 3 is 2.41 bits per heavy atom. The summed E-state index contributed by atoms with van der Waals surface area (Å²) in [5.74, 6) is -1.07. The average Bonchev–Trinajstić information content (AvgIpc) is 3.39. The summed E-state index contributed by atoms with van der Waals surface area (Å²) in [6.45, 7) is 7.97. The number of halogens is 3. The molecular formula is C30H31F3N6O2. The number of likely N-dealkylation sites (N-methyl/N-ethyl adjacent to an activating group) is 1. The molecule has 0 bridgehead atoms. The Morgan fingerprint density at radius 2 is 1.68 bits per heavy atom. The van der Waals surface area contributed by atoms with Gasteiger partial charge in [0.1, 0.15) is 11.3 Å². The number of carbonyl (C=O) groups is 2. The largest absolute Gasteiger partial charge is 0.416 e. The smallest absolute Gasteiger partial charge is 0.322 e. The molecule has 2 aromatic carbocycles. The number of amides is 2. The number of nitrogens with one attached hydrogen (secondary N) is 2. The molecule has 1 aliphatic rings. The fourth-order valence-corrected chi connectivity index (χ4v) is 4.95. The average molecular weight is 565 g/mol. The second kappa shape index (κ2) is 11.7. The van der Waals surface area contributed by atoms with Crippen molar-refractivity contribution < 1.29 is 22.8 Å². The molecular weight excluding hydrogens is 533 g/mol. The van der Waals surface area contributed by atoms with Crippen LogP contribution in [0.2, 0.25) is 0 Å². The van der Waals surface area contributed by atoms with Crippen LogP contribution in [0.3, 0.4) is 0 Å². The Labute approximate surface area is 235 Å². The highest BCUT2D eigenvalue weighted by molar-refractivity contribution is 6.06. The van der Waals surface area contributed by atoms with Gasteiger partial charge in [-0.1, -0.05) is 25.1 Å². The van der Waals surface area contributed by atoms with Crippen LogP contribution in [-0.2, 0) is 12.7 Å². The van der Waals surface area contributed by atoms with Crippen molar-refractivity contribution in [3.63, 3.8) is 0 Å². The molecule has 11 heteroatoms. The van der Waals surface area contributed by atoms with Crippen LogP contribution < -0.4 is 10.6 Å². The summed E-state index contributed by atoms with van der Waals surface area (Å²) in [7, 11) is 0. The summed E-state index contributed by atoms with van der Waals surface area (Å²) < 4.78 is 43.7. The van der Waals surface area contributed by atoms with Crippen molar-refractivity contribution in [1.29, 1.82) is 0 Å². The number of carbonyl (C=O) groups excluding carboxylic acids is 2. The molecule has 41 heavy (non-hydrogen) atoms. The maximum atomic E-state index is 14.0. The van der Waals surface area contributed by atoms with E-state index in [0.717, 1.165) is 31.3 Å². The minimum Gasteiger partial charge on any atom is -0.322 e. The summed E-state index contributed by atoms with van der Waals surface area (Å²) in [5.41, 5.74) is 1.72. The van der Waals surface area contributed by atoms with Gasteiger partial charge in [-0.25, -0.2) is 4.98 Å². The quantitative estimate of drug-likeness (QED) is 0.318. The summed E-state index contributed by atoms with van der Waals surface area (Å²) in [4.78, 5) is 34.5. The van der Waals surface area contributed by atoms with Crippen LogP contribution >= 0.6 is 0 Å². The van der Waals surface area contributed by atoms with E-state index in [1.54, 1.807) is 47.9 Å². The number of pyridine rings is 1. The number of piperazine rings is 1. The standard InChI is InChI=1S/C30H31F3N6O2/c1-3-37-12-14-38(15-13-37)19-22-9-8-21(16-24(22)30(31,32)33)28(40)35-23-10-7-20(2)25(17-23)36-29(41)26-18-34-27-6-4-5-11-39(26)27/h4-11,16-18H,3,12-15,19H2,1-2H3,(H,35,40)(H,36,41). The van der Waals surface area contributed by atoms with Crippen LogP contribution in [0.5, 0.6) is 0 Å². The molecule has 1 aliphatic heterocycles. The maximum Gasteiger partial charge on any atom is 0.416 e. The lowest BCUT2D eigenvalue weighted by Crippen LogP contribution is -2.45. The molecule has 0 radical (unpaired) electrons. The van der Waals surface area contributed by atoms with Gasteiger partial charge >= 0.3 is 6.18 Å². The normalized spacial score (nSPS) is 14.8. The SMILES string of the molecule is CCN1CCN(Cc2ccc(C(=O)Nc3ccc(C)c(NC(=O)c4cnc5ccccn45)c3)cc2C(F)(F)F)CC1. The number of benzene rings is 2. The van der Waals surface area contributed by atoms with E-state index in [4.69, 9.17) is 0 Å². The number of hydrogen-bond donors (Lipinski definition) is 2. The highest BCUT2D eigenvalue weighted by atomic mass is 19.4. The topological polar surface area (TPSA) is 82.0 Å². The van der Waals surface area contributed by atoms with Crippen LogP contribution in [0.25, 0.3) is 5.65 Å². The second-order valence-electron chi connectivity index (χ2n) is 10.1. The number of imidazole rings is 1. The van der Waals surface area contributed by atoms with Crippen molar-refractivity contribution in [1.82, 2.24) is 19.2 Å². The Kier molecular flexibility index (Phi) is 8.09. The number of hydrogen-bond acceptors (Lipinski definition) is 5. The van der Waals surface area contributed by atoms with E-state index >= 15 is 0 Å². The van der Waals surface area contributed by atoms with Crippen LogP contribution in [0.15, 0.2) is 67.0 Å². The maximum absolute atomic E-state index is 14.0. The zero-order valence-electron chi connectivity index (χ0n) is 22.8. The van der Waals surface area contributed by atoms with E-state index in [1.807, 2.05) is 11.0 Å². The Morgan fingerprint density at radius 1 is 0.927 bits per heavy atom.